The van der Waals surface area contributed by atoms with Crippen molar-refractivity contribution in [1.82, 2.24) is 9.47 Å². The minimum atomic E-state index is -1.28. The zero-order chi connectivity index (χ0) is 21.9. The van der Waals surface area contributed by atoms with Crippen molar-refractivity contribution in [2.24, 2.45) is 0 Å². The van der Waals surface area contributed by atoms with Gasteiger partial charge in [0.05, 0.1) is 16.2 Å². The number of aromatic carboxylic acids is 1. The fraction of sp³-hybridized carbons (Fsp3) is 0.304. The molecule has 5 rings (SSSR count). The van der Waals surface area contributed by atoms with E-state index in [9.17, 15) is 14.7 Å². The van der Waals surface area contributed by atoms with Gasteiger partial charge in [0.2, 0.25) is 5.43 Å². The van der Waals surface area contributed by atoms with Gasteiger partial charge < -0.3 is 19.5 Å². The van der Waals surface area contributed by atoms with Crippen LogP contribution in [0.5, 0.6) is 0 Å². The molecule has 0 saturated carbocycles. The molecule has 0 bridgehead atoms. The number of halogens is 1. The van der Waals surface area contributed by atoms with E-state index in [1.54, 1.807) is 6.07 Å². The average molecular weight is 440 g/mol. The Kier molecular flexibility index (Phi) is 4.79. The Balaban J connectivity index is 1.72. The lowest BCUT2D eigenvalue weighted by atomic mass is 10.1. The van der Waals surface area contributed by atoms with Crippen LogP contribution in [0.4, 0.5) is 10.1 Å². The maximum absolute atomic E-state index is 15.1. The average Bonchev–Trinajstić information content (AvgIpc) is 2.72. The SMILES string of the molecule is Cc1ccc(C2Sc3c(C(=O)O)c(=O)c4cc(F)c(N5CCN(C)CC5)cc4n32)cc1. The lowest BCUT2D eigenvalue weighted by Gasteiger charge is -2.37. The smallest absolute Gasteiger partial charge is 0.342 e. The lowest BCUT2D eigenvalue weighted by Crippen LogP contribution is -2.44. The van der Waals surface area contributed by atoms with Crippen LogP contribution >= 0.6 is 11.8 Å². The molecule has 1 atom stereocenters. The molecule has 0 radical (unpaired) electrons. The third-order valence-corrected chi connectivity index (χ3v) is 7.44. The number of carboxylic acid groups (broad SMARTS) is 1. The molecule has 6 nitrogen and oxygen atoms in total. The first-order valence-electron chi connectivity index (χ1n) is 10.2. The standard InChI is InChI=1S/C23H22FN3O3S/c1-13-3-5-14(6-4-13)21-27-17-12-18(26-9-7-25(2)8-10-26)16(24)11-15(17)20(28)19(23(29)30)22(27)31-21/h3-6,11-12,21H,7-10H2,1-2H3,(H,29,30). The second-order valence-electron chi connectivity index (χ2n) is 8.18. The van der Waals surface area contributed by atoms with Crippen molar-refractivity contribution in [2.75, 3.05) is 38.1 Å². The third-order valence-electron chi connectivity index (χ3n) is 6.11. The topological polar surface area (TPSA) is 65.8 Å². The normalized spacial score (nSPS) is 18.7. The molecule has 0 aliphatic carbocycles. The summed E-state index contributed by atoms with van der Waals surface area (Å²) >= 11 is 1.36. The van der Waals surface area contributed by atoms with E-state index in [0.717, 1.165) is 24.2 Å². The highest BCUT2D eigenvalue weighted by Crippen LogP contribution is 2.50. The van der Waals surface area contributed by atoms with E-state index in [2.05, 4.69) is 4.90 Å². The van der Waals surface area contributed by atoms with Gasteiger partial charge in [-0.3, -0.25) is 4.79 Å². The van der Waals surface area contributed by atoms with Crippen LogP contribution in [0, 0.1) is 12.7 Å². The number of hydrogen-bond donors (Lipinski definition) is 1. The van der Waals surface area contributed by atoms with E-state index in [1.165, 1.54) is 17.8 Å². The van der Waals surface area contributed by atoms with Crippen molar-refractivity contribution in [3.8, 4) is 0 Å². The number of carbonyl (C=O) groups is 1. The number of pyridine rings is 1. The van der Waals surface area contributed by atoms with E-state index < -0.39 is 17.2 Å². The molecule has 3 heterocycles. The number of thioether (sulfide) groups is 1. The van der Waals surface area contributed by atoms with Gasteiger partial charge in [-0.1, -0.05) is 41.6 Å². The summed E-state index contributed by atoms with van der Waals surface area (Å²) in [4.78, 5) is 29.0. The van der Waals surface area contributed by atoms with Crippen molar-refractivity contribution in [3.05, 3.63) is 69.1 Å². The van der Waals surface area contributed by atoms with Gasteiger partial charge in [-0.2, -0.15) is 0 Å². The maximum Gasteiger partial charge on any atom is 0.342 e. The number of piperazine rings is 1. The summed E-state index contributed by atoms with van der Waals surface area (Å²) in [6.07, 6.45) is 0. The number of nitrogens with zero attached hydrogens (tertiary/aromatic N) is 3. The predicted molar refractivity (Wildman–Crippen MR) is 120 cm³/mol. The number of fused-ring (bicyclic) bond motifs is 3. The van der Waals surface area contributed by atoms with Crippen LogP contribution in [-0.2, 0) is 0 Å². The molecular formula is C23H22FN3O3S. The highest BCUT2D eigenvalue weighted by Gasteiger charge is 2.36. The molecule has 31 heavy (non-hydrogen) atoms. The third kappa shape index (κ3) is 3.21. The molecule has 1 saturated heterocycles. The molecule has 1 fully saturated rings. The van der Waals surface area contributed by atoms with Gasteiger partial charge in [0.15, 0.2) is 0 Å². The first-order valence-corrected chi connectivity index (χ1v) is 11.0. The Morgan fingerprint density at radius 1 is 1.13 bits per heavy atom. The zero-order valence-corrected chi connectivity index (χ0v) is 18.1. The van der Waals surface area contributed by atoms with Crippen LogP contribution in [0.3, 0.4) is 0 Å². The van der Waals surface area contributed by atoms with E-state index in [4.69, 9.17) is 0 Å². The quantitative estimate of drug-likeness (QED) is 0.673. The van der Waals surface area contributed by atoms with Crippen LogP contribution in [-0.4, -0.2) is 53.8 Å². The second-order valence-corrected chi connectivity index (χ2v) is 9.25. The summed E-state index contributed by atoms with van der Waals surface area (Å²) in [5.74, 6) is -1.78. The predicted octanol–water partition coefficient (Wildman–Crippen LogP) is 3.55. The number of anilines is 1. The van der Waals surface area contributed by atoms with E-state index in [1.807, 2.05) is 47.7 Å². The highest BCUT2D eigenvalue weighted by atomic mass is 32.2. The summed E-state index contributed by atoms with van der Waals surface area (Å²) in [5, 5.41) is 10.0. The molecule has 2 aliphatic heterocycles. The van der Waals surface area contributed by atoms with Crippen molar-refractivity contribution in [2.45, 2.75) is 17.3 Å². The van der Waals surface area contributed by atoms with Crippen molar-refractivity contribution < 1.29 is 14.3 Å². The largest absolute Gasteiger partial charge is 0.477 e. The summed E-state index contributed by atoms with van der Waals surface area (Å²) < 4.78 is 16.9. The summed E-state index contributed by atoms with van der Waals surface area (Å²) in [5.41, 5.74) is 2.25. The van der Waals surface area contributed by atoms with E-state index >= 15 is 4.39 Å². The Morgan fingerprint density at radius 2 is 1.81 bits per heavy atom. The van der Waals surface area contributed by atoms with Gasteiger partial charge in [-0.05, 0) is 31.7 Å². The Morgan fingerprint density at radius 3 is 2.45 bits per heavy atom. The first kappa shape index (κ1) is 20.1. The fourth-order valence-electron chi connectivity index (χ4n) is 4.28. The Labute approximate surface area is 182 Å². The van der Waals surface area contributed by atoms with Crippen molar-refractivity contribution >= 4 is 34.3 Å². The van der Waals surface area contributed by atoms with Gasteiger partial charge >= 0.3 is 5.97 Å². The number of likely N-dealkylation sites (N-methyl/N-ethyl adjacent to an activating group) is 1. The molecule has 8 heteroatoms. The van der Waals surface area contributed by atoms with Crippen LogP contribution in [0.2, 0.25) is 0 Å². The molecule has 2 aromatic carbocycles. The minimum Gasteiger partial charge on any atom is -0.477 e. The highest BCUT2D eigenvalue weighted by molar-refractivity contribution is 8.00. The van der Waals surface area contributed by atoms with Gasteiger partial charge in [0.1, 0.15) is 16.8 Å². The molecule has 1 unspecified atom stereocenters. The summed E-state index contributed by atoms with van der Waals surface area (Å²) in [6, 6.07) is 10.9. The van der Waals surface area contributed by atoms with Gasteiger partial charge in [-0.25, -0.2) is 9.18 Å². The van der Waals surface area contributed by atoms with Gasteiger partial charge in [0, 0.05) is 31.6 Å². The minimum absolute atomic E-state index is 0.105. The fourth-order valence-corrected chi connectivity index (χ4v) is 5.56. The van der Waals surface area contributed by atoms with Crippen LogP contribution in [0.25, 0.3) is 10.9 Å². The van der Waals surface area contributed by atoms with Crippen LogP contribution in [0.15, 0.2) is 46.2 Å². The molecule has 160 valence electrons. The van der Waals surface area contributed by atoms with Gasteiger partial charge in [-0.15, -0.1) is 0 Å². The first-order chi connectivity index (χ1) is 14.8. The number of aromatic nitrogens is 1. The van der Waals surface area contributed by atoms with Gasteiger partial charge in [0.25, 0.3) is 0 Å². The summed E-state index contributed by atoms with van der Waals surface area (Å²) in [7, 11) is 2.03. The van der Waals surface area contributed by atoms with Crippen molar-refractivity contribution in [1.29, 1.82) is 0 Å². The second kappa shape index (κ2) is 7.39. The molecular weight excluding hydrogens is 417 g/mol. The summed E-state index contributed by atoms with van der Waals surface area (Å²) in [6.45, 7) is 5.05. The number of benzene rings is 2. The lowest BCUT2D eigenvalue weighted by molar-refractivity contribution is 0.0689. The molecule has 2 aliphatic rings. The molecule has 0 spiro atoms. The number of carboxylic acids is 1. The van der Waals surface area contributed by atoms with E-state index in [0.29, 0.717) is 29.3 Å². The molecule has 1 N–H and O–H groups in total. The number of aryl methyl sites for hydroxylation is 1. The number of rotatable bonds is 3. The monoisotopic (exact) mass is 439 g/mol. The Bertz CT molecular complexity index is 1260. The zero-order valence-electron chi connectivity index (χ0n) is 17.3. The van der Waals surface area contributed by atoms with Crippen LogP contribution in [0.1, 0.15) is 26.9 Å². The maximum atomic E-state index is 15.1. The van der Waals surface area contributed by atoms with E-state index in [-0.39, 0.29) is 16.3 Å². The molecule has 0 amide bonds. The Hall–Kier alpha value is -2.84. The molecule has 3 aromatic rings. The van der Waals surface area contributed by atoms with Crippen molar-refractivity contribution in [3.63, 3.8) is 0 Å². The van der Waals surface area contributed by atoms with Crippen LogP contribution < -0.4 is 10.3 Å². The molecule has 1 aromatic heterocycles. The number of hydrogen-bond acceptors (Lipinski definition) is 5.